The lowest BCUT2D eigenvalue weighted by Gasteiger charge is -2.08. The first-order chi connectivity index (χ1) is 10.2. The quantitative estimate of drug-likeness (QED) is 0.652. The third kappa shape index (κ3) is 3.39. The summed E-state index contributed by atoms with van der Waals surface area (Å²) in [5.74, 6) is 0.273. The van der Waals surface area contributed by atoms with E-state index in [1.165, 1.54) is 6.08 Å². The Kier molecular flexibility index (Phi) is 4.56. The van der Waals surface area contributed by atoms with Crippen LogP contribution in [0.25, 0.3) is 10.9 Å². The first-order valence-corrected chi connectivity index (χ1v) is 6.37. The lowest BCUT2D eigenvalue weighted by atomic mass is 10.1. The molecular weight excluding hydrogens is 268 g/mol. The lowest BCUT2D eigenvalue weighted by Crippen LogP contribution is -2.09. The molecule has 1 aromatic carbocycles. The smallest absolute Gasteiger partial charge is 0.342 e. The summed E-state index contributed by atoms with van der Waals surface area (Å²) >= 11 is 0. The normalized spacial score (nSPS) is 10.1. The largest absolute Gasteiger partial charge is 0.490 e. The highest BCUT2D eigenvalue weighted by Gasteiger charge is 2.13. The number of nitrogen functional groups attached to an aromatic ring is 1. The Morgan fingerprint density at radius 1 is 1.24 bits per heavy atom. The van der Waals surface area contributed by atoms with Gasteiger partial charge in [0, 0.05) is 5.39 Å². The molecule has 0 aliphatic heterocycles. The number of esters is 1. The molecule has 1 heterocycles. The molecule has 2 rings (SSSR count). The number of carbonyl (C=O) groups is 1. The molecule has 0 saturated heterocycles. The van der Waals surface area contributed by atoms with Crippen molar-refractivity contribution in [3.63, 3.8) is 0 Å². The summed E-state index contributed by atoms with van der Waals surface area (Å²) in [5.41, 5.74) is 6.70. The van der Waals surface area contributed by atoms with Crippen molar-refractivity contribution in [2.75, 3.05) is 18.9 Å². The number of anilines is 1. The number of hydrogen-bond acceptors (Lipinski definition) is 5. The molecule has 0 saturated carbocycles. The molecule has 5 nitrogen and oxygen atoms in total. The molecule has 21 heavy (non-hydrogen) atoms. The van der Waals surface area contributed by atoms with Gasteiger partial charge >= 0.3 is 5.97 Å². The van der Waals surface area contributed by atoms with Gasteiger partial charge in [0.25, 0.3) is 0 Å². The van der Waals surface area contributed by atoms with Crippen molar-refractivity contribution in [2.45, 2.75) is 0 Å². The van der Waals surface area contributed by atoms with Crippen molar-refractivity contribution in [2.24, 2.45) is 0 Å². The Balaban J connectivity index is 2.38. The molecule has 0 radical (unpaired) electrons. The van der Waals surface area contributed by atoms with E-state index in [1.54, 1.807) is 30.3 Å². The Labute approximate surface area is 122 Å². The fraction of sp³-hybridized carbons (Fsp3) is 0.125. The van der Waals surface area contributed by atoms with Crippen LogP contribution in [0.3, 0.4) is 0 Å². The van der Waals surface area contributed by atoms with Gasteiger partial charge in [-0.3, -0.25) is 0 Å². The second-order valence-corrected chi connectivity index (χ2v) is 4.26. The second-order valence-electron chi connectivity index (χ2n) is 4.26. The van der Waals surface area contributed by atoms with Gasteiger partial charge in [-0.15, -0.1) is 0 Å². The number of ether oxygens (including phenoxy) is 2. The summed E-state index contributed by atoms with van der Waals surface area (Å²) in [6.07, 6.45) is 3.15. The van der Waals surface area contributed by atoms with Crippen molar-refractivity contribution in [1.29, 1.82) is 0 Å². The van der Waals surface area contributed by atoms with E-state index in [4.69, 9.17) is 15.2 Å². The molecule has 5 heteroatoms. The average molecular weight is 284 g/mol. The average Bonchev–Trinajstić information content (AvgIpc) is 2.49. The van der Waals surface area contributed by atoms with Gasteiger partial charge in [-0.25, -0.2) is 9.78 Å². The summed E-state index contributed by atoms with van der Waals surface area (Å²) in [7, 11) is 0. The zero-order chi connectivity index (χ0) is 15.2. The van der Waals surface area contributed by atoms with Crippen LogP contribution in [0.4, 0.5) is 5.82 Å². The Hall–Kier alpha value is -2.82. The molecule has 0 amide bonds. The van der Waals surface area contributed by atoms with E-state index >= 15 is 0 Å². The number of carbonyl (C=O) groups excluding carboxylic acids is 1. The SMILES string of the molecule is C=CCOC(=O)c1cc2cc(OCC=C)ccc2nc1N. The third-order valence-electron chi connectivity index (χ3n) is 2.74. The predicted molar refractivity (Wildman–Crippen MR) is 82.3 cm³/mol. The summed E-state index contributed by atoms with van der Waals surface area (Å²) in [5, 5.41) is 0.747. The van der Waals surface area contributed by atoms with Gasteiger partial charge in [0.15, 0.2) is 0 Å². The van der Waals surface area contributed by atoms with E-state index in [0.29, 0.717) is 17.9 Å². The van der Waals surface area contributed by atoms with E-state index in [1.807, 2.05) is 0 Å². The van der Waals surface area contributed by atoms with E-state index in [-0.39, 0.29) is 18.0 Å². The van der Waals surface area contributed by atoms with E-state index in [0.717, 1.165) is 5.39 Å². The molecule has 0 bridgehead atoms. The Morgan fingerprint density at radius 2 is 2.00 bits per heavy atom. The maximum absolute atomic E-state index is 11.9. The lowest BCUT2D eigenvalue weighted by molar-refractivity contribution is 0.0551. The first kappa shape index (κ1) is 14.6. The Bertz CT molecular complexity index is 695. The van der Waals surface area contributed by atoms with Gasteiger partial charge in [0.05, 0.1) is 5.52 Å². The zero-order valence-electron chi connectivity index (χ0n) is 11.5. The minimum Gasteiger partial charge on any atom is -0.490 e. The van der Waals surface area contributed by atoms with E-state index < -0.39 is 5.97 Å². The third-order valence-corrected chi connectivity index (χ3v) is 2.74. The molecule has 0 unspecified atom stereocenters. The topological polar surface area (TPSA) is 74.4 Å². The van der Waals surface area contributed by atoms with Gasteiger partial charge in [0.2, 0.25) is 0 Å². The van der Waals surface area contributed by atoms with E-state index in [9.17, 15) is 4.79 Å². The fourth-order valence-corrected chi connectivity index (χ4v) is 1.79. The highest BCUT2D eigenvalue weighted by Crippen LogP contribution is 2.23. The summed E-state index contributed by atoms with van der Waals surface area (Å²) in [6.45, 7) is 7.61. The summed E-state index contributed by atoms with van der Waals surface area (Å²) in [4.78, 5) is 16.1. The van der Waals surface area contributed by atoms with Crippen LogP contribution in [-0.4, -0.2) is 24.2 Å². The number of nitrogens with zero attached hydrogens (tertiary/aromatic N) is 1. The van der Waals surface area contributed by atoms with Crippen LogP contribution in [0.5, 0.6) is 5.75 Å². The van der Waals surface area contributed by atoms with Crippen LogP contribution < -0.4 is 10.5 Å². The minimum atomic E-state index is -0.529. The molecule has 0 spiro atoms. The van der Waals surface area contributed by atoms with Crippen molar-refractivity contribution < 1.29 is 14.3 Å². The molecule has 108 valence electrons. The molecule has 0 aliphatic carbocycles. The fourth-order valence-electron chi connectivity index (χ4n) is 1.79. The van der Waals surface area contributed by atoms with Crippen molar-refractivity contribution in [3.8, 4) is 5.75 Å². The zero-order valence-corrected chi connectivity index (χ0v) is 11.5. The monoisotopic (exact) mass is 284 g/mol. The molecule has 0 atom stereocenters. The number of fused-ring (bicyclic) bond motifs is 1. The van der Waals surface area contributed by atoms with Gasteiger partial charge in [-0.1, -0.05) is 25.3 Å². The number of aromatic nitrogens is 1. The van der Waals surface area contributed by atoms with Crippen LogP contribution in [0, 0.1) is 0 Å². The highest BCUT2D eigenvalue weighted by atomic mass is 16.5. The molecule has 0 fully saturated rings. The van der Waals surface area contributed by atoms with Gasteiger partial charge < -0.3 is 15.2 Å². The molecule has 1 aromatic heterocycles. The van der Waals surface area contributed by atoms with Crippen molar-refractivity contribution in [1.82, 2.24) is 4.98 Å². The summed E-state index contributed by atoms with van der Waals surface area (Å²) < 4.78 is 10.4. The van der Waals surface area contributed by atoms with Crippen LogP contribution in [0.15, 0.2) is 49.6 Å². The summed E-state index contributed by atoms with van der Waals surface area (Å²) in [6, 6.07) is 7.00. The standard InChI is InChI=1S/C16H16N2O3/c1-3-7-20-12-5-6-14-11(9-12)10-13(15(17)18-14)16(19)21-8-4-2/h3-6,9-10H,1-2,7-8H2,(H2,17,18). The number of hydrogen-bond donors (Lipinski definition) is 1. The predicted octanol–water partition coefficient (Wildman–Crippen LogP) is 2.72. The van der Waals surface area contributed by atoms with Gasteiger partial charge in [0.1, 0.15) is 30.3 Å². The molecular formula is C16H16N2O3. The second kappa shape index (κ2) is 6.56. The molecule has 2 N–H and O–H groups in total. The van der Waals surface area contributed by atoms with Gasteiger partial charge in [-0.05, 0) is 24.3 Å². The van der Waals surface area contributed by atoms with Crippen LogP contribution >= 0.6 is 0 Å². The highest BCUT2D eigenvalue weighted by molar-refractivity contribution is 5.98. The van der Waals surface area contributed by atoms with Crippen LogP contribution in [-0.2, 0) is 4.74 Å². The number of benzene rings is 1. The Morgan fingerprint density at radius 3 is 2.71 bits per heavy atom. The maximum atomic E-state index is 11.9. The number of pyridine rings is 1. The maximum Gasteiger partial charge on any atom is 0.342 e. The first-order valence-electron chi connectivity index (χ1n) is 6.37. The van der Waals surface area contributed by atoms with Crippen molar-refractivity contribution in [3.05, 3.63) is 55.1 Å². The van der Waals surface area contributed by atoms with Gasteiger partial charge in [-0.2, -0.15) is 0 Å². The van der Waals surface area contributed by atoms with E-state index in [2.05, 4.69) is 18.1 Å². The van der Waals surface area contributed by atoms with Crippen LogP contribution in [0.1, 0.15) is 10.4 Å². The minimum absolute atomic E-state index is 0.124. The number of rotatable bonds is 6. The molecule has 0 aliphatic rings. The van der Waals surface area contributed by atoms with Crippen LogP contribution in [0.2, 0.25) is 0 Å². The number of nitrogens with two attached hydrogens (primary N) is 1. The molecule has 2 aromatic rings. The van der Waals surface area contributed by atoms with Crippen molar-refractivity contribution >= 4 is 22.7 Å².